The standard InChI is InChI=1S/C12H20N4O/c1-2-14-11-6-13-7-12(15-11)16-5-3-4-10(8-16)9-17/h6-7,10,17H,2-5,8-9H2,1H3,(H,14,15). The summed E-state index contributed by atoms with van der Waals surface area (Å²) in [7, 11) is 0. The van der Waals surface area contributed by atoms with Crippen LogP contribution in [0.2, 0.25) is 0 Å². The van der Waals surface area contributed by atoms with Gasteiger partial charge in [-0.2, -0.15) is 0 Å². The highest BCUT2D eigenvalue weighted by atomic mass is 16.3. The van der Waals surface area contributed by atoms with Gasteiger partial charge in [-0.05, 0) is 25.7 Å². The number of aliphatic hydroxyl groups excluding tert-OH is 1. The molecule has 0 saturated carbocycles. The zero-order valence-corrected chi connectivity index (χ0v) is 10.3. The van der Waals surface area contributed by atoms with Crippen LogP contribution in [-0.4, -0.2) is 41.3 Å². The molecule has 17 heavy (non-hydrogen) atoms. The van der Waals surface area contributed by atoms with Crippen molar-refractivity contribution in [2.75, 3.05) is 36.5 Å². The number of hydrogen-bond acceptors (Lipinski definition) is 5. The molecule has 5 heteroatoms. The van der Waals surface area contributed by atoms with E-state index in [4.69, 9.17) is 0 Å². The number of hydrogen-bond donors (Lipinski definition) is 2. The van der Waals surface area contributed by atoms with Crippen molar-refractivity contribution in [3.8, 4) is 0 Å². The molecule has 94 valence electrons. The van der Waals surface area contributed by atoms with Crippen molar-refractivity contribution in [2.45, 2.75) is 19.8 Å². The van der Waals surface area contributed by atoms with Crippen molar-refractivity contribution in [1.82, 2.24) is 9.97 Å². The summed E-state index contributed by atoms with van der Waals surface area (Å²) in [6.45, 7) is 5.02. The van der Waals surface area contributed by atoms with E-state index in [9.17, 15) is 5.11 Å². The molecule has 0 radical (unpaired) electrons. The van der Waals surface area contributed by atoms with E-state index < -0.39 is 0 Å². The number of aliphatic hydroxyl groups is 1. The molecule has 5 nitrogen and oxygen atoms in total. The first-order valence-electron chi connectivity index (χ1n) is 6.25. The molecule has 0 amide bonds. The van der Waals surface area contributed by atoms with Gasteiger partial charge in [0.15, 0.2) is 0 Å². The van der Waals surface area contributed by atoms with E-state index in [0.29, 0.717) is 5.92 Å². The average molecular weight is 236 g/mol. The minimum Gasteiger partial charge on any atom is -0.396 e. The summed E-state index contributed by atoms with van der Waals surface area (Å²) in [6.07, 6.45) is 5.74. The maximum absolute atomic E-state index is 9.22. The van der Waals surface area contributed by atoms with Crippen LogP contribution in [0, 0.1) is 5.92 Å². The summed E-state index contributed by atoms with van der Waals surface area (Å²) in [5.41, 5.74) is 0. The van der Waals surface area contributed by atoms with Gasteiger partial charge in [0.1, 0.15) is 11.6 Å². The van der Waals surface area contributed by atoms with E-state index in [1.54, 1.807) is 12.4 Å². The highest BCUT2D eigenvalue weighted by molar-refractivity contribution is 5.44. The molecule has 1 unspecified atom stereocenters. The first-order valence-corrected chi connectivity index (χ1v) is 6.25. The van der Waals surface area contributed by atoms with Gasteiger partial charge in [0.05, 0.1) is 12.4 Å². The Morgan fingerprint density at radius 3 is 3.18 bits per heavy atom. The van der Waals surface area contributed by atoms with E-state index in [1.807, 2.05) is 6.92 Å². The molecular weight excluding hydrogens is 216 g/mol. The topological polar surface area (TPSA) is 61.3 Å². The average Bonchev–Trinajstić information content (AvgIpc) is 2.40. The molecular formula is C12H20N4O. The molecule has 1 atom stereocenters. The number of rotatable bonds is 4. The van der Waals surface area contributed by atoms with E-state index >= 15 is 0 Å². The predicted molar refractivity (Wildman–Crippen MR) is 68.2 cm³/mol. The zero-order chi connectivity index (χ0) is 12.1. The third-order valence-electron chi connectivity index (χ3n) is 3.08. The highest BCUT2D eigenvalue weighted by Crippen LogP contribution is 2.21. The van der Waals surface area contributed by atoms with Gasteiger partial charge in [-0.3, -0.25) is 4.98 Å². The van der Waals surface area contributed by atoms with Crippen LogP contribution < -0.4 is 10.2 Å². The number of nitrogens with one attached hydrogen (secondary N) is 1. The number of piperidine rings is 1. The van der Waals surface area contributed by atoms with E-state index in [0.717, 1.165) is 44.1 Å². The lowest BCUT2D eigenvalue weighted by molar-refractivity contribution is 0.208. The third-order valence-corrected chi connectivity index (χ3v) is 3.08. The van der Waals surface area contributed by atoms with E-state index in [2.05, 4.69) is 20.2 Å². The van der Waals surface area contributed by atoms with Crippen LogP contribution in [0.25, 0.3) is 0 Å². The number of nitrogens with zero attached hydrogens (tertiary/aromatic N) is 3. The van der Waals surface area contributed by atoms with Crippen LogP contribution in [0.5, 0.6) is 0 Å². The maximum Gasteiger partial charge on any atom is 0.149 e. The molecule has 2 heterocycles. The summed E-state index contributed by atoms with van der Waals surface area (Å²) < 4.78 is 0. The summed E-state index contributed by atoms with van der Waals surface area (Å²) in [5.74, 6) is 2.09. The van der Waals surface area contributed by atoms with Crippen molar-refractivity contribution >= 4 is 11.6 Å². The number of anilines is 2. The molecule has 0 spiro atoms. The molecule has 2 N–H and O–H groups in total. The van der Waals surface area contributed by atoms with E-state index in [1.165, 1.54) is 0 Å². The molecule has 1 fully saturated rings. The van der Waals surface area contributed by atoms with Crippen LogP contribution in [0.4, 0.5) is 11.6 Å². The van der Waals surface area contributed by atoms with Crippen LogP contribution >= 0.6 is 0 Å². The monoisotopic (exact) mass is 236 g/mol. The van der Waals surface area contributed by atoms with Crippen LogP contribution in [0.15, 0.2) is 12.4 Å². The first kappa shape index (κ1) is 12.1. The van der Waals surface area contributed by atoms with Gasteiger partial charge in [-0.15, -0.1) is 0 Å². The fourth-order valence-corrected chi connectivity index (χ4v) is 2.20. The van der Waals surface area contributed by atoms with Gasteiger partial charge < -0.3 is 15.3 Å². The second-order valence-electron chi connectivity index (χ2n) is 4.43. The van der Waals surface area contributed by atoms with Crippen molar-refractivity contribution in [3.05, 3.63) is 12.4 Å². The van der Waals surface area contributed by atoms with Gasteiger partial charge in [0.2, 0.25) is 0 Å². The molecule has 0 bridgehead atoms. The third kappa shape index (κ3) is 3.06. The molecule has 0 aliphatic carbocycles. The number of aromatic nitrogens is 2. The Balaban J connectivity index is 2.07. The Hall–Kier alpha value is -1.36. The van der Waals surface area contributed by atoms with Gasteiger partial charge in [-0.1, -0.05) is 0 Å². The Kier molecular flexibility index (Phi) is 4.14. The van der Waals surface area contributed by atoms with Crippen molar-refractivity contribution < 1.29 is 5.11 Å². The Morgan fingerprint density at radius 2 is 2.41 bits per heavy atom. The molecule has 1 aromatic rings. The second-order valence-corrected chi connectivity index (χ2v) is 4.43. The summed E-state index contributed by atoms with van der Waals surface area (Å²) in [6, 6.07) is 0. The summed E-state index contributed by atoms with van der Waals surface area (Å²) >= 11 is 0. The molecule has 1 saturated heterocycles. The summed E-state index contributed by atoms with van der Waals surface area (Å²) in [5, 5.41) is 12.4. The van der Waals surface area contributed by atoms with Crippen molar-refractivity contribution in [1.29, 1.82) is 0 Å². The Bertz CT molecular complexity index is 358. The fraction of sp³-hybridized carbons (Fsp3) is 0.667. The van der Waals surface area contributed by atoms with Gasteiger partial charge in [0, 0.05) is 26.2 Å². The van der Waals surface area contributed by atoms with Crippen LogP contribution in [0.1, 0.15) is 19.8 Å². The van der Waals surface area contributed by atoms with Gasteiger partial charge in [-0.25, -0.2) is 4.98 Å². The zero-order valence-electron chi connectivity index (χ0n) is 10.3. The molecule has 1 aliphatic rings. The second kappa shape index (κ2) is 5.82. The lowest BCUT2D eigenvalue weighted by atomic mass is 9.99. The van der Waals surface area contributed by atoms with E-state index in [-0.39, 0.29) is 6.61 Å². The molecule has 1 aliphatic heterocycles. The SMILES string of the molecule is CCNc1cncc(N2CCCC(CO)C2)n1. The van der Waals surface area contributed by atoms with Gasteiger partial charge >= 0.3 is 0 Å². The minimum absolute atomic E-state index is 0.261. The minimum atomic E-state index is 0.261. The molecule has 0 aromatic carbocycles. The maximum atomic E-state index is 9.22. The molecule has 1 aromatic heterocycles. The van der Waals surface area contributed by atoms with Crippen LogP contribution in [0.3, 0.4) is 0 Å². The van der Waals surface area contributed by atoms with Crippen molar-refractivity contribution in [3.63, 3.8) is 0 Å². The Labute approximate surface area is 102 Å². The first-order chi connectivity index (χ1) is 8.33. The van der Waals surface area contributed by atoms with Crippen LogP contribution in [-0.2, 0) is 0 Å². The Morgan fingerprint density at radius 1 is 1.53 bits per heavy atom. The summed E-state index contributed by atoms with van der Waals surface area (Å²) in [4.78, 5) is 10.9. The normalized spacial score (nSPS) is 20.4. The van der Waals surface area contributed by atoms with Gasteiger partial charge in [0.25, 0.3) is 0 Å². The van der Waals surface area contributed by atoms with Crippen molar-refractivity contribution in [2.24, 2.45) is 5.92 Å². The highest BCUT2D eigenvalue weighted by Gasteiger charge is 2.20. The quantitative estimate of drug-likeness (QED) is 0.820. The lowest BCUT2D eigenvalue weighted by Gasteiger charge is -2.32. The lowest BCUT2D eigenvalue weighted by Crippen LogP contribution is -2.37. The smallest absolute Gasteiger partial charge is 0.149 e. The molecule has 2 rings (SSSR count). The predicted octanol–water partition coefficient (Wildman–Crippen LogP) is 1.12. The largest absolute Gasteiger partial charge is 0.396 e. The fourth-order valence-electron chi connectivity index (χ4n) is 2.20.